The van der Waals surface area contributed by atoms with E-state index in [9.17, 15) is 13.2 Å². The molecule has 0 bridgehead atoms. The Balaban J connectivity index is 2.50. The first-order chi connectivity index (χ1) is 9.64. The summed E-state index contributed by atoms with van der Waals surface area (Å²) < 4.78 is 26.6. The van der Waals surface area contributed by atoms with Gasteiger partial charge in [0.1, 0.15) is 4.90 Å². The zero-order chi connectivity index (χ0) is 15.9. The van der Waals surface area contributed by atoms with Crippen LogP contribution in [0.4, 0.5) is 0 Å². The van der Waals surface area contributed by atoms with Crippen LogP contribution in [-0.2, 0) is 10.0 Å². The van der Waals surface area contributed by atoms with Crippen molar-refractivity contribution in [2.45, 2.75) is 18.7 Å². The molecular weight excluding hydrogens is 337 g/mol. The summed E-state index contributed by atoms with van der Waals surface area (Å²) >= 11 is 11.7. The number of benzene rings is 1. The van der Waals surface area contributed by atoms with Crippen molar-refractivity contribution in [2.75, 3.05) is 13.1 Å². The Kier molecular flexibility index (Phi) is 4.54. The minimum absolute atomic E-state index is 0.0720. The summed E-state index contributed by atoms with van der Waals surface area (Å²) in [4.78, 5) is 10.9. The minimum Gasteiger partial charge on any atom is -0.478 e. The van der Waals surface area contributed by atoms with Crippen molar-refractivity contribution in [1.29, 1.82) is 0 Å². The van der Waals surface area contributed by atoms with E-state index in [0.29, 0.717) is 13.1 Å². The van der Waals surface area contributed by atoms with Gasteiger partial charge in [0.15, 0.2) is 0 Å². The normalized spacial score (nSPS) is 23.4. The third kappa shape index (κ3) is 3.04. The fourth-order valence-electron chi connectivity index (χ4n) is 2.30. The number of hydrogen-bond acceptors (Lipinski definition) is 3. The van der Waals surface area contributed by atoms with E-state index in [4.69, 9.17) is 28.3 Å². The molecule has 0 aliphatic carbocycles. The van der Waals surface area contributed by atoms with Crippen molar-refractivity contribution in [3.8, 4) is 0 Å². The van der Waals surface area contributed by atoms with E-state index in [0.717, 1.165) is 12.1 Å². The molecule has 2 atom stereocenters. The van der Waals surface area contributed by atoms with Gasteiger partial charge in [-0.3, -0.25) is 0 Å². The zero-order valence-electron chi connectivity index (χ0n) is 11.5. The molecule has 1 aromatic carbocycles. The van der Waals surface area contributed by atoms with Gasteiger partial charge in [0.25, 0.3) is 0 Å². The molecule has 8 heteroatoms. The average molecular weight is 352 g/mol. The molecule has 0 saturated carbocycles. The number of rotatable bonds is 3. The van der Waals surface area contributed by atoms with Gasteiger partial charge >= 0.3 is 5.97 Å². The van der Waals surface area contributed by atoms with Crippen LogP contribution < -0.4 is 0 Å². The molecule has 1 saturated heterocycles. The summed E-state index contributed by atoms with van der Waals surface area (Å²) in [6.07, 6.45) is 0. The van der Waals surface area contributed by atoms with Gasteiger partial charge in [-0.15, -0.1) is 0 Å². The first-order valence-corrected chi connectivity index (χ1v) is 8.56. The molecule has 1 aliphatic heterocycles. The smallest absolute Gasteiger partial charge is 0.337 e. The highest BCUT2D eigenvalue weighted by atomic mass is 35.5. The highest BCUT2D eigenvalue weighted by molar-refractivity contribution is 7.89. The second kappa shape index (κ2) is 5.76. The van der Waals surface area contributed by atoms with Crippen molar-refractivity contribution in [3.05, 3.63) is 27.7 Å². The minimum atomic E-state index is -3.83. The van der Waals surface area contributed by atoms with Crippen molar-refractivity contribution in [3.63, 3.8) is 0 Å². The third-order valence-corrected chi connectivity index (χ3v) is 6.43. The highest BCUT2D eigenvalue weighted by Crippen LogP contribution is 2.34. The molecule has 5 nitrogen and oxygen atoms in total. The van der Waals surface area contributed by atoms with Crippen LogP contribution in [0.3, 0.4) is 0 Å². The summed E-state index contributed by atoms with van der Waals surface area (Å²) in [7, 11) is -3.83. The molecule has 1 N–H and O–H groups in total. The number of nitrogens with zero attached hydrogens (tertiary/aromatic N) is 1. The molecule has 1 aliphatic rings. The van der Waals surface area contributed by atoms with Gasteiger partial charge in [-0.1, -0.05) is 37.0 Å². The van der Waals surface area contributed by atoms with Crippen LogP contribution in [0.5, 0.6) is 0 Å². The van der Waals surface area contributed by atoms with Crippen molar-refractivity contribution >= 4 is 39.2 Å². The predicted molar refractivity (Wildman–Crippen MR) is 80.5 cm³/mol. The molecule has 2 unspecified atom stereocenters. The van der Waals surface area contributed by atoms with Crippen LogP contribution in [0.25, 0.3) is 0 Å². The van der Waals surface area contributed by atoms with Gasteiger partial charge < -0.3 is 5.11 Å². The third-order valence-electron chi connectivity index (χ3n) is 3.82. The Labute approximate surface area is 133 Å². The molecule has 1 fully saturated rings. The standard InChI is InChI=1S/C13H15Cl2NO4S/c1-7-5-16(6-8(7)2)21(19,20)12-3-9(13(17)18)10(14)4-11(12)15/h3-4,7-8H,5-6H2,1-2H3,(H,17,18). The molecule has 1 heterocycles. The lowest BCUT2D eigenvalue weighted by Crippen LogP contribution is -2.29. The van der Waals surface area contributed by atoms with E-state index < -0.39 is 16.0 Å². The first kappa shape index (κ1) is 16.5. The van der Waals surface area contributed by atoms with E-state index in [-0.39, 0.29) is 32.3 Å². The van der Waals surface area contributed by atoms with Gasteiger partial charge in [-0.25, -0.2) is 13.2 Å². The Morgan fingerprint density at radius 2 is 1.71 bits per heavy atom. The molecule has 1 aromatic rings. The maximum Gasteiger partial charge on any atom is 0.337 e. The summed E-state index contributed by atoms with van der Waals surface area (Å²) in [6, 6.07) is 2.18. The monoisotopic (exact) mass is 351 g/mol. The van der Waals surface area contributed by atoms with E-state index >= 15 is 0 Å². The summed E-state index contributed by atoms with van der Waals surface area (Å²) in [5, 5.41) is 8.90. The lowest BCUT2D eigenvalue weighted by Gasteiger charge is -2.17. The molecule has 0 aromatic heterocycles. The SMILES string of the molecule is CC1CN(S(=O)(=O)c2cc(C(=O)O)c(Cl)cc2Cl)CC1C. The maximum absolute atomic E-state index is 12.6. The molecule has 0 radical (unpaired) electrons. The molecular formula is C13H15Cl2NO4S. The van der Waals surface area contributed by atoms with Gasteiger partial charge in [0.2, 0.25) is 10.0 Å². The number of aromatic carboxylic acids is 1. The largest absolute Gasteiger partial charge is 0.478 e. The summed E-state index contributed by atoms with van der Waals surface area (Å²) in [5.41, 5.74) is -0.278. The number of sulfonamides is 1. The van der Waals surface area contributed by atoms with E-state index in [1.54, 1.807) is 0 Å². The van der Waals surface area contributed by atoms with E-state index in [2.05, 4.69) is 0 Å². The number of halogens is 2. The lowest BCUT2D eigenvalue weighted by molar-refractivity contribution is 0.0697. The fourth-order valence-corrected chi connectivity index (χ4v) is 4.77. The number of carboxylic acid groups (broad SMARTS) is 1. The van der Waals surface area contributed by atoms with Crippen LogP contribution >= 0.6 is 23.2 Å². The highest BCUT2D eigenvalue weighted by Gasteiger charge is 2.36. The molecule has 0 spiro atoms. The van der Waals surface area contributed by atoms with Crippen molar-refractivity contribution < 1.29 is 18.3 Å². The van der Waals surface area contributed by atoms with Gasteiger partial charge in [0, 0.05) is 13.1 Å². The lowest BCUT2D eigenvalue weighted by atomic mass is 10.0. The van der Waals surface area contributed by atoms with Crippen molar-refractivity contribution in [1.82, 2.24) is 4.31 Å². The van der Waals surface area contributed by atoms with Crippen LogP contribution in [0.2, 0.25) is 10.0 Å². The van der Waals surface area contributed by atoms with Gasteiger partial charge in [-0.05, 0) is 24.0 Å². The molecule has 116 valence electrons. The average Bonchev–Trinajstić information content (AvgIpc) is 2.69. The predicted octanol–water partition coefficient (Wildman–Crippen LogP) is 2.97. The summed E-state index contributed by atoms with van der Waals surface area (Å²) in [6.45, 7) is 4.74. The second-order valence-electron chi connectivity index (χ2n) is 5.34. The Morgan fingerprint density at radius 1 is 1.19 bits per heavy atom. The molecule has 0 amide bonds. The Hall–Kier alpha value is -0.820. The van der Waals surface area contributed by atoms with E-state index in [1.165, 1.54) is 4.31 Å². The van der Waals surface area contributed by atoms with Crippen LogP contribution in [0.15, 0.2) is 17.0 Å². The van der Waals surface area contributed by atoms with Crippen molar-refractivity contribution in [2.24, 2.45) is 11.8 Å². The van der Waals surface area contributed by atoms with Crippen LogP contribution in [-0.4, -0.2) is 36.9 Å². The fraction of sp³-hybridized carbons (Fsp3) is 0.462. The second-order valence-corrected chi connectivity index (χ2v) is 8.06. The number of carbonyl (C=O) groups is 1. The zero-order valence-corrected chi connectivity index (χ0v) is 13.8. The number of carboxylic acids is 1. The Bertz CT molecular complexity index is 680. The maximum atomic E-state index is 12.6. The van der Waals surface area contributed by atoms with Crippen LogP contribution in [0, 0.1) is 11.8 Å². The summed E-state index contributed by atoms with van der Waals surface area (Å²) in [5.74, 6) is -0.814. The molecule has 2 rings (SSSR count). The number of hydrogen-bond donors (Lipinski definition) is 1. The van der Waals surface area contributed by atoms with Gasteiger partial charge in [-0.2, -0.15) is 4.31 Å². The van der Waals surface area contributed by atoms with Crippen LogP contribution in [0.1, 0.15) is 24.2 Å². The van der Waals surface area contributed by atoms with E-state index in [1.807, 2.05) is 13.8 Å². The first-order valence-electron chi connectivity index (χ1n) is 6.37. The topological polar surface area (TPSA) is 74.7 Å². The quantitative estimate of drug-likeness (QED) is 0.908. The molecule has 21 heavy (non-hydrogen) atoms. The Morgan fingerprint density at radius 3 is 2.19 bits per heavy atom. The van der Waals surface area contributed by atoms with Gasteiger partial charge in [0.05, 0.1) is 15.6 Å².